The van der Waals surface area contributed by atoms with Gasteiger partial charge in [0.2, 0.25) is 11.8 Å². The van der Waals surface area contributed by atoms with Crippen LogP contribution < -0.4 is 15.5 Å². The Morgan fingerprint density at radius 3 is 2.04 bits per heavy atom. The molecule has 5 rings (SSSR count). The Labute approximate surface area is 280 Å². The molecule has 0 radical (unpaired) electrons. The van der Waals surface area contributed by atoms with E-state index < -0.39 is 82.8 Å². The Balaban J connectivity index is 1.63. The number of fused-ring (bicyclic) bond motifs is 1. The second-order valence-electron chi connectivity index (χ2n) is 12.8. The van der Waals surface area contributed by atoms with Crippen LogP contribution >= 0.6 is 0 Å². The minimum Gasteiger partial charge on any atom is -0.370 e. The van der Waals surface area contributed by atoms with Gasteiger partial charge in [-0.05, 0) is 85.0 Å². The third kappa shape index (κ3) is 7.83. The molecule has 0 spiro atoms. The normalized spacial score (nSPS) is 21.5. The number of halogens is 9. The molecule has 0 unspecified atom stereocenters. The maximum Gasteiger partial charge on any atom is 0.418 e. The number of rotatable bonds is 8. The van der Waals surface area contributed by atoms with Crippen LogP contribution in [0, 0.1) is 11.8 Å². The lowest BCUT2D eigenvalue weighted by atomic mass is 9.78. The average Bonchev–Trinajstić information content (AvgIpc) is 3.46. The zero-order valence-electron chi connectivity index (χ0n) is 26.9. The van der Waals surface area contributed by atoms with Gasteiger partial charge in [-0.1, -0.05) is 24.2 Å². The number of aryl methyl sites for hydroxylation is 1. The molecular weight excluding hydrogens is 685 g/mol. The van der Waals surface area contributed by atoms with E-state index in [2.05, 4.69) is 15.4 Å². The Hall–Kier alpha value is -4.38. The maximum absolute atomic E-state index is 14.7. The van der Waals surface area contributed by atoms with Crippen LogP contribution in [0.1, 0.15) is 85.7 Å². The van der Waals surface area contributed by atoms with Gasteiger partial charge in [-0.25, -0.2) is 0 Å². The smallest absolute Gasteiger partial charge is 0.370 e. The highest BCUT2D eigenvalue weighted by atomic mass is 19.4. The van der Waals surface area contributed by atoms with Crippen molar-refractivity contribution in [2.24, 2.45) is 24.6 Å². The topological polar surface area (TPSA) is 110 Å². The van der Waals surface area contributed by atoms with E-state index in [9.17, 15) is 49.1 Å². The van der Waals surface area contributed by atoms with Crippen molar-refractivity contribution in [3.05, 3.63) is 64.2 Å². The van der Waals surface area contributed by atoms with Gasteiger partial charge in [0, 0.05) is 24.9 Å². The van der Waals surface area contributed by atoms with E-state index in [1.807, 2.05) is 0 Å². The zero-order chi connectivity index (χ0) is 36.8. The molecule has 272 valence electrons. The van der Waals surface area contributed by atoms with Gasteiger partial charge in [0.1, 0.15) is 0 Å². The summed E-state index contributed by atoms with van der Waals surface area (Å²) < 4.78 is 127. The van der Waals surface area contributed by atoms with Crippen molar-refractivity contribution in [2.45, 2.75) is 89.0 Å². The van der Waals surface area contributed by atoms with E-state index >= 15 is 0 Å². The van der Waals surface area contributed by atoms with Crippen molar-refractivity contribution in [3.63, 3.8) is 0 Å². The van der Waals surface area contributed by atoms with Gasteiger partial charge in [-0.2, -0.15) is 44.3 Å². The van der Waals surface area contributed by atoms with E-state index in [4.69, 9.17) is 5.73 Å². The number of anilines is 2. The lowest BCUT2D eigenvalue weighted by Crippen LogP contribution is -2.51. The number of hydrogen-bond acceptors (Lipinski definition) is 6. The largest absolute Gasteiger partial charge is 0.418 e. The number of para-hydroxylation sites is 1. The number of carbonyl (C=O) groups is 2. The standard InChI is InChI=1S/C32H34F9N7O2/c1-3-22-15-25(47(29-43-45-46(2)44-29)16-18-11-20(30(33,34)35)14-21(12-18)31(36,37)38)23-5-4-6-24(32(39,40)41)27(23)48(22)28(50)19-9-7-17(8-10-19)13-26(42)49/h4-6,11-12,14,17,19,22,25H,3,7-10,13,15-16H2,1-2H3,(H2,42,49)/t17?,19?,22-,25+/m1/s1. The molecule has 18 heteroatoms. The Bertz CT molecular complexity index is 1680. The van der Waals surface area contributed by atoms with E-state index in [1.54, 1.807) is 6.92 Å². The number of benzene rings is 2. The van der Waals surface area contributed by atoms with Crippen LogP contribution in [0.4, 0.5) is 51.1 Å². The molecule has 3 aromatic rings. The lowest BCUT2D eigenvalue weighted by Gasteiger charge is -2.46. The third-order valence-electron chi connectivity index (χ3n) is 9.36. The molecule has 1 saturated carbocycles. The van der Waals surface area contributed by atoms with E-state index in [-0.39, 0.29) is 42.8 Å². The monoisotopic (exact) mass is 719 g/mol. The summed E-state index contributed by atoms with van der Waals surface area (Å²) in [6.45, 7) is 0.994. The van der Waals surface area contributed by atoms with Gasteiger partial charge in [0.05, 0.1) is 35.5 Å². The van der Waals surface area contributed by atoms with Crippen LogP contribution in [-0.4, -0.2) is 38.1 Å². The van der Waals surface area contributed by atoms with Crippen LogP contribution in [-0.2, 0) is 41.7 Å². The summed E-state index contributed by atoms with van der Waals surface area (Å²) in [7, 11) is 1.37. The summed E-state index contributed by atoms with van der Waals surface area (Å²) in [5.74, 6) is -1.98. The molecule has 2 amide bonds. The third-order valence-corrected chi connectivity index (χ3v) is 9.36. The fourth-order valence-corrected chi connectivity index (χ4v) is 7.05. The predicted octanol–water partition coefficient (Wildman–Crippen LogP) is 7.21. The van der Waals surface area contributed by atoms with Crippen molar-refractivity contribution in [3.8, 4) is 0 Å². The highest BCUT2D eigenvalue weighted by molar-refractivity contribution is 5.98. The van der Waals surface area contributed by atoms with E-state index in [1.165, 1.54) is 18.0 Å². The first kappa shape index (κ1) is 36.9. The van der Waals surface area contributed by atoms with Crippen molar-refractivity contribution in [2.75, 3.05) is 9.80 Å². The molecule has 9 nitrogen and oxygen atoms in total. The van der Waals surface area contributed by atoms with Crippen LogP contribution in [0.2, 0.25) is 0 Å². The molecular formula is C32H34F9N7O2. The number of nitrogens with two attached hydrogens (primary N) is 1. The number of hydrogen-bond donors (Lipinski definition) is 1. The number of aromatic nitrogens is 4. The maximum atomic E-state index is 14.7. The number of primary amides is 1. The van der Waals surface area contributed by atoms with E-state index in [0.717, 1.165) is 21.8 Å². The molecule has 2 N–H and O–H groups in total. The summed E-state index contributed by atoms with van der Waals surface area (Å²) in [4.78, 5) is 29.0. The van der Waals surface area contributed by atoms with Crippen LogP contribution in [0.25, 0.3) is 0 Å². The number of amides is 2. The molecule has 2 atom stereocenters. The SMILES string of the molecule is CC[C@@H]1C[C@H](N(Cc2cc(C(F)(F)F)cc(C(F)(F)F)c2)c2nnn(C)n2)c2cccc(C(F)(F)F)c2N1C(=O)C1CCC(CC(N)=O)CC1. The first-order valence-electron chi connectivity index (χ1n) is 15.9. The van der Waals surface area contributed by atoms with E-state index in [0.29, 0.717) is 37.8 Å². The summed E-state index contributed by atoms with van der Waals surface area (Å²) >= 11 is 0. The second-order valence-corrected chi connectivity index (χ2v) is 12.8. The average molecular weight is 720 g/mol. The van der Waals surface area contributed by atoms with Gasteiger partial charge in [0.25, 0.3) is 5.95 Å². The van der Waals surface area contributed by atoms with Crippen LogP contribution in [0.15, 0.2) is 36.4 Å². The van der Waals surface area contributed by atoms with Crippen molar-refractivity contribution in [1.82, 2.24) is 20.2 Å². The number of tetrazole rings is 1. The summed E-state index contributed by atoms with van der Waals surface area (Å²) in [5.41, 5.74) is 0.146. The van der Waals surface area contributed by atoms with Crippen molar-refractivity contribution < 1.29 is 49.1 Å². The summed E-state index contributed by atoms with van der Waals surface area (Å²) in [6, 6.07) is 2.36. The minimum atomic E-state index is -5.14. The first-order valence-corrected chi connectivity index (χ1v) is 15.9. The number of nitrogens with zero attached hydrogens (tertiary/aromatic N) is 6. The van der Waals surface area contributed by atoms with Gasteiger partial charge < -0.3 is 15.5 Å². The summed E-state index contributed by atoms with van der Waals surface area (Å²) in [6.07, 6.45) is -13.4. The fraction of sp³-hybridized carbons (Fsp3) is 0.531. The Morgan fingerprint density at radius 1 is 0.920 bits per heavy atom. The second kappa shape index (κ2) is 13.7. The predicted molar refractivity (Wildman–Crippen MR) is 161 cm³/mol. The molecule has 2 heterocycles. The molecule has 1 aliphatic heterocycles. The molecule has 2 aliphatic rings. The molecule has 1 aromatic heterocycles. The van der Waals surface area contributed by atoms with Crippen LogP contribution in [0.3, 0.4) is 0 Å². The Kier molecular flexibility index (Phi) is 10.1. The quantitative estimate of drug-likeness (QED) is 0.247. The summed E-state index contributed by atoms with van der Waals surface area (Å²) in [5, 5.41) is 11.8. The highest BCUT2D eigenvalue weighted by Crippen LogP contribution is 2.50. The van der Waals surface area contributed by atoms with Gasteiger partial charge in [-0.3, -0.25) is 9.59 Å². The molecule has 1 aliphatic carbocycles. The molecule has 1 fully saturated rings. The van der Waals surface area contributed by atoms with Gasteiger partial charge >= 0.3 is 18.5 Å². The van der Waals surface area contributed by atoms with Crippen LogP contribution in [0.5, 0.6) is 0 Å². The highest BCUT2D eigenvalue weighted by Gasteiger charge is 2.47. The van der Waals surface area contributed by atoms with Gasteiger partial charge in [-0.15, -0.1) is 5.10 Å². The van der Waals surface area contributed by atoms with Gasteiger partial charge in [0.15, 0.2) is 0 Å². The lowest BCUT2D eigenvalue weighted by molar-refractivity contribution is -0.143. The number of alkyl halides is 9. The molecule has 0 bridgehead atoms. The van der Waals surface area contributed by atoms with Crippen molar-refractivity contribution >= 4 is 23.5 Å². The first-order chi connectivity index (χ1) is 23.3. The van der Waals surface area contributed by atoms with Crippen molar-refractivity contribution in [1.29, 1.82) is 0 Å². The molecule has 0 saturated heterocycles. The minimum absolute atomic E-state index is 0.0160. The fourth-order valence-electron chi connectivity index (χ4n) is 7.05. The Morgan fingerprint density at radius 2 is 1.54 bits per heavy atom. The molecule has 2 aromatic carbocycles. The zero-order valence-corrected chi connectivity index (χ0v) is 26.9. The molecule has 50 heavy (non-hydrogen) atoms. The number of carbonyl (C=O) groups excluding carboxylic acids is 2.